The van der Waals surface area contributed by atoms with Crippen molar-refractivity contribution in [3.05, 3.63) is 131 Å². The number of benzene rings is 4. The number of urea groups is 2. The molecule has 0 saturated heterocycles. The Morgan fingerprint density at radius 2 is 1.03 bits per heavy atom. The molecule has 4 amide bonds. The number of unbranched alkanes of at least 4 members (excludes halogenated alkanes) is 1. The van der Waals surface area contributed by atoms with Gasteiger partial charge in [0, 0.05) is 78.9 Å². The highest BCUT2D eigenvalue weighted by atomic mass is 35.5. The first-order valence-corrected chi connectivity index (χ1v) is 29.0. The largest absolute Gasteiger partial charge is 0.633 e. The topological polar surface area (TPSA) is 238 Å². The van der Waals surface area contributed by atoms with Crippen molar-refractivity contribution < 1.29 is 50.0 Å². The number of carbonyl (C=O) groups is 2. The molecule has 0 radical (unpaired) electrons. The second kappa shape index (κ2) is 29.2. The Labute approximate surface area is 459 Å². The molecule has 0 spiro atoms. The molecule has 0 saturated carbocycles. The van der Waals surface area contributed by atoms with Crippen molar-refractivity contribution in [2.45, 2.75) is 47.6 Å². The van der Waals surface area contributed by atoms with Crippen molar-refractivity contribution >= 4 is 78.5 Å². The third-order valence-corrected chi connectivity index (χ3v) is 16.4. The molecule has 6 N–H and O–H groups in total. The number of hydrogen-bond donors (Lipinski definition) is 6. The lowest BCUT2D eigenvalue weighted by molar-refractivity contribution is -0.877. The summed E-state index contributed by atoms with van der Waals surface area (Å²) in [7, 11) is -4.11. The number of rotatable bonds is 29. The van der Waals surface area contributed by atoms with Crippen LogP contribution < -0.4 is 30.7 Å². The summed E-state index contributed by atoms with van der Waals surface area (Å²) in [5, 5.41) is 26.1. The minimum absolute atomic E-state index is 0.0298. The van der Waals surface area contributed by atoms with E-state index in [1.54, 1.807) is 61.6 Å². The molecule has 412 valence electrons. The lowest BCUT2D eigenvalue weighted by atomic mass is 9.84. The second-order valence-corrected chi connectivity index (χ2v) is 23.5. The normalized spacial score (nSPS) is 17.7. The van der Waals surface area contributed by atoms with Gasteiger partial charge < -0.3 is 55.0 Å². The van der Waals surface area contributed by atoms with Crippen LogP contribution in [-0.2, 0) is 52.1 Å². The maximum Gasteiger partial charge on any atom is 0.314 e. The van der Waals surface area contributed by atoms with Crippen molar-refractivity contribution in [2.24, 2.45) is 0 Å². The molecule has 3 atom stereocenters. The molecule has 1 unspecified atom stereocenters. The first-order valence-electron chi connectivity index (χ1n) is 24.6. The third kappa shape index (κ3) is 18.9. The van der Waals surface area contributed by atoms with Crippen molar-refractivity contribution in [1.29, 1.82) is 0 Å². The summed E-state index contributed by atoms with van der Waals surface area (Å²) in [6.07, 6.45) is 1.29. The van der Waals surface area contributed by atoms with Crippen LogP contribution >= 0.6 is 46.4 Å². The van der Waals surface area contributed by atoms with E-state index in [2.05, 4.69) is 35.6 Å². The van der Waals surface area contributed by atoms with Gasteiger partial charge in [0.25, 0.3) is 0 Å². The lowest BCUT2D eigenvalue weighted by Gasteiger charge is -2.46. The predicted octanol–water partition coefficient (Wildman–Crippen LogP) is 6.17. The monoisotopic (exact) mass is 1160 g/mol. The van der Waals surface area contributed by atoms with Crippen LogP contribution in [-0.4, -0.2) is 158 Å². The summed E-state index contributed by atoms with van der Waals surface area (Å²) in [6.45, 7) is 4.98. The molecule has 0 fully saturated rings. The molecule has 19 nitrogen and oxygen atoms in total. The maximum absolute atomic E-state index is 13.2. The van der Waals surface area contributed by atoms with E-state index in [0.29, 0.717) is 70.2 Å². The van der Waals surface area contributed by atoms with Crippen LogP contribution in [0.25, 0.3) is 0 Å². The molecule has 25 heteroatoms. The number of likely N-dealkylation sites (N-methyl/N-ethyl adjacent to an activating group) is 2. The highest BCUT2D eigenvalue weighted by Crippen LogP contribution is 2.42. The fourth-order valence-corrected chi connectivity index (χ4v) is 12.0. The molecule has 0 aliphatic carbocycles. The number of nitrogens with zero attached hydrogens (tertiary/aromatic N) is 2. The van der Waals surface area contributed by atoms with Gasteiger partial charge in [0.2, 0.25) is 20.0 Å². The third-order valence-electron chi connectivity index (χ3n) is 12.3. The van der Waals surface area contributed by atoms with E-state index in [4.69, 9.17) is 65.4 Å². The van der Waals surface area contributed by atoms with E-state index in [9.17, 15) is 31.6 Å². The Morgan fingerprint density at radius 1 is 0.600 bits per heavy atom. The summed E-state index contributed by atoms with van der Waals surface area (Å²) in [6, 6.07) is 19.7. The van der Waals surface area contributed by atoms with E-state index >= 15 is 0 Å². The van der Waals surface area contributed by atoms with E-state index in [-0.39, 0.29) is 120 Å². The van der Waals surface area contributed by atoms with Crippen molar-refractivity contribution in [3.8, 4) is 0 Å². The smallest absolute Gasteiger partial charge is 0.314 e. The van der Waals surface area contributed by atoms with Gasteiger partial charge in [-0.05, 0) is 96.2 Å². The number of quaternary nitrogens is 1. The van der Waals surface area contributed by atoms with E-state index in [1.807, 2.05) is 19.2 Å². The van der Waals surface area contributed by atoms with E-state index < -0.39 is 30.6 Å². The van der Waals surface area contributed by atoms with Gasteiger partial charge in [-0.1, -0.05) is 70.7 Å². The molecule has 2 heterocycles. The molecule has 6 rings (SSSR count). The van der Waals surface area contributed by atoms with Gasteiger partial charge in [-0.2, -0.15) is 0 Å². The summed E-state index contributed by atoms with van der Waals surface area (Å²) < 4.78 is 79.2. The Morgan fingerprint density at radius 3 is 1.52 bits per heavy atom. The minimum Gasteiger partial charge on any atom is -0.633 e. The fraction of sp³-hybridized carbons (Fsp3) is 0.480. The number of amides is 4. The number of nitrogens with one attached hydrogen (secondary N) is 6. The average molecular weight is 1160 g/mol. The zero-order valence-electron chi connectivity index (χ0n) is 41.9. The Bertz CT molecular complexity index is 2780. The van der Waals surface area contributed by atoms with Crippen LogP contribution in [0.3, 0.4) is 0 Å². The maximum atomic E-state index is 13.2. The van der Waals surface area contributed by atoms with Gasteiger partial charge in [0.05, 0.1) is 87.2 Å². The number of ether oxygens (including phenoxy) is 4. The number of sulfonamides is 2. The Kier molecular flexibility index (Phi) is 23.5. The molecular formula is C50H66Cl4N8O11S2. The SMILES string of the molecule is CN1Cc2c(Cl)cc(Cl)cc2[C@H](c2cccc(S(=O)(=O)NCCOCCOCCNC(=O)NCCCCNC(=O)NCCOCCOCCNS(=O)(=O)c3cccc([C@@H]4C[N+](C)([O-])Cc5c(Cl)cc(Cl)cc54)c3)c2)C1. The van der Waals surface area contributed by atoms with Gasteiger partial charge in [-0.15, -0.1) is 0 Å². The van der Waals surface area contributed by atoms with Crippen molar-refractivity contribution in [3.63, 3.8) is 0 Å². The van der Waals surface area contributed by atoms with Gasteiger partial charge in [0.15, 0.2) is 0 Å². The lowest BCUT2D eigenvalue weighted by Crippen LogP contribution is -2.44. The summed E-state index contributed by atoms with van der Waals surface area (Å²) in [4.78, 5) is 26.6. The average Bonchev–Trinajstić information content (AvgIpc) is 3.36. The van der Waals surface area contributed by atoms with Crippen LogP contribution in [0.5, 0.6) is 0 Å². The standard InChI is InChI=1S/C50H66Cl4N8O11S2/c1-61-31-43(41-27-37(51)29-47(53)44(41)32-61)35-7-5-9-39(25-35)74(66,67)59-15-19-72-23-21-70-17-13-57-49(63)55-11-3-4-12-56-50(64)58-14-18-71-22-24-73-20-16-60-75(68,69)40-10-6-8-36(26-40)45-33-62(2,65)34-46-42(45)28-38(52)30-48(46)54/h5-10,25-30,43,45,59-60H,3-4,11-24,31-34H2,1-2H3,(H2,55,57,63)(H2,56,58,64)/t43-,45-,62?/m0/s1. The summed E-state index contributed by atoms with van der Waals surface area (Å²) in [5.74, 6) is -0.492. The predicted molar refractivity (Wildman–Crippen MR) is 290 cm³/mol. The van der Waals surface area contributed by atoms with Crippen LogP contribution in [0.2, 0.25) is 20.1 Å². The highest BCUT2D eigenvalue weighted by Gasteiger charge is 2.34. The first kappa shape index (κ1) is 60.4. The minimum atomic E-state index is -3.88. The number of hydroxylamine groups is 3. The zero-order valence-corrected chi connectivity index (χ0v) is 46.6. The van der Waals surface area contributed by atoms with Crippen LogP contribution in [0, 0.1) is 5.21 Å². The van der Waals surface area contributed by atoms with Crippen molar-refractivity contribution in [1.82, 2.24) is 35.6 Å². The molecule has 75 heavy (non-hydrogen) atoms. The quantitative estimate of drug-likeness (QED) is 0.0204. The number of hydrogen-bond acceptors (Lipinski definition) is 12. The van der Waals surface area contributed by atoms with Gasteiger partial charge in [-0.25, -0.2) is 35.9 Å². The number of carbonyl (C=O) groups excluding carboxylic acids is 2. The van der Waals surface area contributed by atoms with Gasteiger partial charge in [0.1, 0.15) is 6.54 Å². The molecule has 2 aliphatic rings. The zero-order chi connectivity index (χ0) is 54.0. The molecule has 4 aromatic rings. The highest BCUT2D eigenvalue weighted by molar-refractivity contribution is 7.89. The van der Waals surface area contributed by atoms with Gasteiger partial charge >= 0.3 is 12.1 Å². The molecule has 4 aromatic carbocycles. The molecular weight excluding hydrogens is 1090 g/mol. The molecule has 2 aliphatic heterocycles. The Hall–Kier alpha value is -3.88. The first-order chi connectivity index (χ1) is 35.8. The van der Waals surface area contributed by atoms with Crippen molar-refractivity contribution in [2.75, 3.05) is 119 Å². The van der Waals surface area contributed by atoms with Gasteiger partial charge in [-0.3, -0.25) is 0 Å². The molecule has 0 aromatic heterocycles. The van der Waals surface area contributed by atoms with Crippen LogP contribution in [0.4, 0.5) is 9.59 Å². The number of halogens is 4. The summed E-state index contributed by atoms with van der Waals surface area (Å²) in [5.41, 5.74) is 5.02. The van der Waals surface area contributed by atoms with E-state index in [0.717, 1.165) is 22.3 Å². The second-order valence-electron chi connectivity index (χ2n) is 18.3. The molecule has 0 bridgehead atoms. The Balaban J connectivity index is 0.712. The number of fused-ring (bicyclic) bond motifs is 2. The summed E-state index contributed by atoms with van der Waals surface area (Å²) >= 11 is 25.6. The van der Waals surface area contributed by atoms with Crippen LogP contribution in [0.1, 0.15) is 58.1 Å². The van der Waals surface area contributed by atoms with Crippen LogP contribution in [0.15, 0.2) is 82.6 Å². The van der Waals surface area contributed by atoms with E-state index in [1.165, 1.54) is 6.07 Å². The fourth-order valence-electron chi connectivity index (χ4n) is 8.76.